The number of rotatable bonds is 6. The number of carbonyl (C=O) groups is 2. The van der Waals surface area contributed by atoms with E-state index in [1.54, 1.807) is 13.8 Å². The zero-order chi connectivity index (χ0) is 17.7. The Hall–Kier alpha value is -2.42. The van der Waals surface area contributed by atoms with Gasteiger partial charge in [0.2, 0.25) is 0 Å². The standard InChI is InChI=1S/C15H20N2O7/c1-3-13(19)22-8-10-9(24-14(20)4-2)7-12(23-10)17-6-5-11(18)16-15(17)21/h5-6,9-10,12H,3-4,7-8H2,1-2H3,(H,16,18,21)/t9-,10-,12+/m0/s1. The van der Waals surface area contributed by atoms with Crippen molar-refractivity contribution >= 4 is 11.9 Å². The van der Waals surface area contributed by atoms with Crippen molar-refractivity contribution in [2.75, 3.05) is 6.61 Å². The van der Waals surface area contributed by atoms with Gasteiger partial charge in [-0.05, 0) is 0 Å². The van der Waals surface area contributed by atoms with Crippen molar-refractivity contribution in [3.63, 3.8) is 0 Å². The highest BCUT2D eigenvalue weighted by Crippen LogP contribution is 2.30. The molecule has 0 radical (unpaired) electrons. The molecule has 132 valence electrons. The molecule has 0 aromatic carbocycles. The van der Waals surface area contributed by atoms with E-state index in [1.165, 1.54) is 16.8 Å². The molecule has 1 aromatic rings. The summed E-state index contributed by atoms with van der Waals surface area (Å²) in [5.74, 6) is -0.811. The van der Waals surface area contributed by atoms with E-state index in [4.69, 9.17) is 14.2 Å². The molecule has 1 fully saturated rings. The molecule has 0 aliphatic carbocycles. The van der Waals surface area contributed by atoms with E-state index in [0.717, 1.165) is 0 Å². The third kappa shape index (κ3) is 4.31. The Morgan fingerprint density at radius 1 is 1.29 bits per heavy atom. The maximum atomic E-state index is 11.9. The summed E-state index contributed by atoms with van der Waals surface area (Å²) < 4.78 is 17.3. The summed E-state index contributed by atoms with van der Waals surface area (Å²) in [6.07, 6.45) is -0.118. The zero-order valence-corrected chi connectivity index (χ0v) is 13.5. The van der Waals surface area contributed by atoms with E-state index in [-0.39, 0.29) is 25.9 Å². The highest BCUT2D eigenvalue weighted by Gasteiger charge is 2.39. The first kappa shape index (κ1) is 17.9. The Bertz CT molecular complexity index is 708. The van der Waals surface area contributed by atoms with Crippen LogP contribution in [0.5, 0.6) is 0 Å². The van der Waals surface area contributed by atoms with E-state index >= 15 is 0 Å². The number of aromatic amines is 1. The Morgan fingerprint density at radius 2 is 2.00 bits per heavy atom. The Morgan fingerprint density at radius 3 is 2.62 bits per heavy atom. The molecule has 9 heteroatoms. The van der Waals surface area contributed by atoms with Crippen LogP contribution in [0.2, 0.25) is 0 Å². The van der Waals surface area contributed by atoms with Crippen LogP contribution in [-0.4, -0.2) is 40.3 Å². The highest BCUT2D eigenvalue weighted by atomic mass is 16.6. The van der Waals surface area contributed by atoms with E-state index < -0.39 is 41.6 Å². The van der Waals surface area contributed by atoms with Crippen LogP contribution in [-0.2, 0) is 23.8 Å². The fourth-order valence-corrected chi connectivity index (χ4v) is 2.33. The Labute approximate surface area is 137 Å². The molecule has 24 heavy (non-hydrogen) atoms. The highest BCUT2D eigenvalue weighted by molar-refractivity contribution is 5.69. The lowest BCUT2D eigenvalue weighted by Crippen LogP contribution is -2.32. The second kappa shape index (κ2) is 7.91. The van der Waals surface area contributed by atoms with E-state index in [9.17, 15) is 19.2 Å². The van der Waals surface area contributed by atoms with Gasteiger partial charge in [0.25, 0.3) is 5.56 Å². The summed E-state index contributed by atoms with van der Waals surface area (Å²) in [7, 11) is 0. The van der Waals surface area contributed by atoms with Crippen molar-refractivity contribution in [2.45, 2.75) is 51.5 Å². The molecule has 0 bridgehead atoms. The minimum Gasteiger partial charge on any atom is -0.463 e. The number of H-pyrrole nitrogens is 1. The van der Waals surface area contributed by atoms with Crippen molar-refractivity contribution in [1.82, 2.24) is 9.55 Å². The first-order valence-electron chi connectivity index (χ1n) is 7.76. The number of ether oxygens (including phenoxy) is 3. The third-order valence-corrected chi connectivity index (χ3v) is 3.61. The van der Waals surface area contributed by atoms with Gasteiger partial charge in [0, 0.05) is 31.5 Å². The molecule has 2 heterocycles. The van der Waals surface area contributed by atoms with Crippen LogP contribution >= 0.6 is 0 Å². The predicted octanol–water partition coefficient (Wildman–Crippen LogP) is 0.0991. The average Bonchev–Trinajstić information content (AvgIpc) is 2.94. The van der Waals surface area contributed by atoms with Crippen LogP contribution in [0.3, 0.4) is 0 Å². The van der Waals surface area contributed by atoms with Crippen LogP contribution < -0.4 is 11.2 Å². The fraction of sp³-hybridized carbons (Fsp3) is 0.600. The van der Waals surface area contributed by atoms with Crippen LogP contribution in [0.4, 0.5) is 0 Å². The van der Waals surface area contributed by atoms with Gasteiger partial charge in [-0.1, -0.05) is 13.8 Å². The average molecular weight is 340 g/mol. The lowest BCUT2D eigenvalue weighted by atomic mass is 10.2. The van der Waals surface area contributed by atoms with Crippen molar-refractivity contribution in [1.29, 1.82) is 0 Å². The number of nitrogens with zero attached hydrogens (tertiary/aromatic N) is 1. The quantitative estimate of drug-likeness (QED) is 0.730. The summed E-state index contributed by atoms with van der Waals surface area (Å²) in [6.45, 7) is 3.24. The van der Waals surface area contributed by atoms with Crippen molar-refractivity contribution in [3.8, 4) is 0 Å². The smallest absolute Gasteiger partial charge is 0.330 e. The van der Waals surface area contributed by atoms with E-state index in [2.05, 4.69) is 4.98 Å². The van der Waals surface area contributed by atoms with Gasteiger partial charge >= 0.3 is 17.6 Å². The number of nitrogens with one attached hydrogen (secondary N) is 1. The summed E-state index contributed by atoms with van der Waals surface area (Å²) >= 11 is 0. The molecule has 1 aromatic heterocycles. The maximum absolute atomic E-state index is 11.9. The topological polar surface area (TPSA) is 117 Å². The fourth-order valence-electron chi connectivity index (χ4n) is 2.33. The minimum absolute atomic E-state index is 0.0804. The second-order valence-electron chi connectivity index (χ2n) is 5.30. The van der Waals surface area contributed by atoms with E-state index in [0.29, 0.717) is 0 Å². The van der Waals surface area contributed by atoms with Crippen molar-refractivity contribution < 1.29 is 23.8 Å². The molecular formula is C15H20N2O7. The lowest BCUT2D eigenvalue weighted by molar-refractivity contribution is -0.157. The molecule has 0 spiro atoms. The Kier molecular flexibility index (Phi) is 5.91. The van der Waals surface area contributed by atoms with Crippen LogP contribution in [0.25, 0.3) is 0 Å². The molecule has 0 saturated carbocycles. The second-order valence-corrected chi connectivity index (χ2v) is 5.30. The molecule has 0 unspecified atom stereocenters. The number of hydrogen-bond donors (Lipinski definition) is 1. The van der Waals surface area contributed by atoms with Crippen molar-refractivity contribution in [2.24, 2.45) is 0 Å². The van der Waals surface area contributed by atoms with E-state index in [1.807, 2.05) is 0 Å². The lowest BCUT2D eigenvalue weighted by Gasteiger charge is -2.18. The number of esters is 2. The molecule has 1 N–H and O–H groups in total. The van der Waals surface area contributed by atoms with Crippen molar-refractivity contribution in [3.05, 3.63) is 33.1 Å². The van der Waals surface area contributed by atoms with Gasteiger partial charge in [-0.2, -0.15) is 0 Å². The molecule has 9 nitrogen and oxygen atoms in total. The summed E-state index contributed by atoms with van der Waals surface area (Å²) in [5.41, 5.74) is -1.14. The van der Waals surface area contributed by atoms with Crippen LogP contribution in [0.1, 0.15) is 39.3 Å². The molecular weight excluding hydrogens is 320 g/mol. The maximum Gasteiger partial charge on any atom is 0.330 e. The summed E-state index contributed by atoms with van der Waals surface area (Å²) in [6, 6.07) is 1.20. The molecule has 3 atom stereocenters. The summed E-state index contributed by atoms with van der Waals surface area (Å²) in [4.78, 5) is 48.0. The summed E-state index contributed by atoms with van der Waals surface area (Å²) in [5, 5.41) is 0. The molecule has 0 amide bonds. The number of hydrogen-bond acceptors (Lipinski definition) is 7. The molecule has 1 aliphatic heterocycles. The van der Waals surface area contributed by atoms with Gasteiger partial charge < -0.3 is 14.2 Å². The molecule has 1 aliphatic rings. The molecule has 1 saturated heterocycles. The Balaban J connectivity index is 2.15. The SMILES string of the molecule is CCC(=O)OC[C@@H]1O[C@@H](n2ccc(=O)[nH]c2=O)C[C@@H]1OC(=O)CC. The number of carbonyl (C=O) groups excluding carboxylic acids is 2. The first-order valence-corrected chi connectivity index (χ1v) is 7.76. The zero-order valence-electron chi connectivity index (χ0n) is 13.5. The van der Waals surface area contributed by atoms with Gasteiger partial charge in [0.05, 0.1) is 0 Å². The minimum atomic E-state index is -0.727. The molecule has 2 rings (SSSR count). The van der Waals surface area contributed by atoms with Gasteiger partial charge in [-0.25, -0.2) is 4.79 Å². The van der Waals surface area contributed by atoms with Gasteiger partial charge in [-0.15, -0.1) is 0 Å². The largest absolute Gasteiger partial charge is 0.463 e. The van der Waals surface area contributed by atoms with Crippen LogP contribution in [0, 0.1) is 0 Å². The predicted molar refractivity (Wildman–Crippen MR) is 81.3 cm³/mol. The van der Waals surface area contributed by atoms with Gasteiger partial charge in [-0.3, -0.25) is 23.9 Å². The first-order chi connectivity index (χ1) is 11.4. The number of aromatic nitrogens is 2. The van der Waals surface area contributed by atoms with Gasteiger partial charge in [0.1, 0.15) is 25.0 Å². The van der Waals surface area contributed by atoms with Crippen LogP contribution in [0.15, 0.2) is 21.9 Å². The van der Waals surface area contributed by atoms with Gasteiger partial charge in [0.15, 0.2) is 0 Å². The normalized spacial score (nSPS) is 23.0. The third-order valence-electron chi connectivity index (χ3n) is 3.61. The monoisotopic (exact) mass is 340 g/mol.